The molecule has 0 spiro atoms. The molecule has 9 rings (SSSR count). The minimum atomic E-state index is -1.56. The summed E-state index contributed by atoms with van der Waals surface area (Å²) in [5.74, 6) is 1.16. The number of aliphatic hydroxyl groups is 3. The number of imidazole rings is 2. The first kappa shape index (κ1) is 54.9. The van der Waals surface area contributed by atoms with Gasteiger partial charge >= 0.3 is 4.96 Å². The molecule has 70 heavy (non-hydrogen) atoms. The Bertz CT molecular complexity index is 2650. The molecule has 0 amide bonds. The molecule has 7 aromatic rings. The van der Waals surface area contributed by atoms with Crippen LogP contribution in [-0.2, 0) is 43.5 Å². The van der Waals surface area contributed by atoms with Crippen LogP contribution in [0.1, 0.15) is 54.1 Å². The fourth-order valence-electron chi connectivity index (χ4n) is 8.07. The van der Waals surface area contributed by atoms with Gasteiger partial charge in [-0.2, -0.15) is 44.6 Å². The number of aliphatic hydroxyl groups excluding tert-OH is 2. The Hall–Kier alpha value is -4.45. The van der Waals surface area contributed by atoms with Gasteiger partial charge in [-0.25, -0.2) is 29.0 Å². The van der Waals surface area contributed by atoms with Crippen molar-refractivity contribution in [2.24, 2.45) is 0 Å². The van der Waals surface area contributed by atoms with Gasteiger partial charge in [-0.3, -0.25) is 0 Å². The third kappa shape index (κ3) is 13.3. The third-order valence-corrected chi connectivity index (χ3v) is 11.4. The first-order chi connectivity index (χ1) is 33.8. The normalized spacial score (nSPS) is 23.7. The number of benzene rings is 3. The Labute approximate surface area is 430 Å². The van der Waals surface area contributed by atoms with E-state index >= 15 is 0 Å². The van der Waals surface area contributed by atoms with Gasteiger partial charge in [0.2, 0.25) is 0 Å². The first-order valence-electron chi connectivity index (χ1n) is 21.8. The van der Waals surface area contributed by atoms with Crippen molar-refractivity contribution in [2.75, 3.05) is 43.3 Å². The number of aromatic nitrogens is 8. The van der Waals surface area contributed by atoms with Crippen LogP contribution < -0.4 is 10.6 Å². The Morgan fingerprint density at radius 2 is 1.13 bits per heavy atom. The summed E-state index contributed by atoms with van der Waals surface area (Å²) >= 11 is 23.9. The second kappa shape index (κ2) is 26.3. The lowest BCUT2D eigenvalue weighted by molar-refractivity contribution is -0.148. The molecule has 5 N–H and O–H groups in total. The molecule has 0 radical (unpaired) electrons. The Balaban J connectivity index is 0.000000238. The molecule has 0 aliphatic carbocycles. The van der Waals surface area contributed by atoms with Crippen LogP contribution in [0.3, 0.4) is 0 Å². The highest BCUT2D eigenvalue weighted by Crippen LogP contribution is 2.47. The topological polar surface area (TPSA) is 217 Å². The third-order valence-electron chi connectivity index (χ3n) is 11.4. The van der Waals surface area contributed by atoms with Crippen molar-refractivity contribution in [2.45, 2.75) is 81.5 Å². The molecule has 0 bridgehead atoms. The van der Waals surface area contributed by atoms with Gasteiger partial charge in [0.05, 0.1) is 62.2 Å². The number of nitrogens with one attached hydrogen (secondary N) is 2. The fraction of sp³-hybridized carbons (Fsp3) is 0.391. The van der Waals surface area contributed by atoms with Crippen molar-refractivity contribution in [3.05, 3.63) is 144 Å². The van der Waals surface area contributed by atoms with Crippen molar-refractivity contribution in [3.63, 3.8) is 0 Å². The summed E-state index contributed by atoms with van der Waals surface area (Å²) in [6, 6.07) is 30.3. The average Bonchev–Trinajstić information content (AvgIpc) is 4.12. The lowest BCUT2D eigenvalue weighted by Gasteiger charge is -2.35. The maximum absolute atomic E-state index is 10.5. The summed E-state index contributed by atoms with van der Waals surface area (Å²) in [6.07, 6.45) is 1.79. The van der Waals surface area contributed by atoms with E-state index in [4.69, 9.17) is 81.3 Å². The first-order valence-corrected chi connectivity index (χ1v) is 24.2. The monoisotopic (exact) mass is 1060 g/mol. The molecule has 8 atom stereocenters. The molecule has 2 fully saturated rings. The summed E-state index contributed by atoms with van der Waals surface area (Å²) in [5, 5.41) is 44.6. The van der Waals surface area contributed by atoms with Crippen LogP contribution in [0, 0.1) is 0 Å². The molecule has 2 saturated heterocycles. The number of halogens is 5. The van der Waals surface area contributed by atoms with E-state index in [1.54, 1.807) is 17.8 Å². The Morgan fingerprint density at radius 3 is 1.59 bits per heavy atom. The van der Waals surface area contributed by atoms with Gasteiger partial charge in [0.15, 0.2) is 22.9 Å². The minimum absolute atomic E-state index is 0.194. The van der Waals surface area contributed by atoms with Crippen molar-refractivity contribution in [1.82, 2.24) is 39.2 Å². The van der Waals surface area contributed by atoms with E-state index in [-0.39, 0.29) is 11.9 Å². The van der Waals surface area contributed by atoms with Gasteiger partial charge < -0.3 is 49.6 Å². The molecule has 0 saturated carbocycles. The highest BCUT2D eigenvalue weighted by atomic mass is 35.6. The number of rotatable bonds is 15. The quantitative estimate of drug-likeness (QED) is 0.0507. The fourth-order valence-corrected chi connectivity index (χ4v) is 8.07. The molecule has 2 aliphatic heterocycles. The number of anilines is 2. The molecule has 4 aromatic heterocycles. The van der Waals surface area contributed by atoms with Crippen molar-refractivity contribution < 1.29 is 39.0 Å². The zero-order valence-corrected chi connectivity index (χ0v) is 42.4. The van der Waals surface area contributed by atoms with Crippen LogP contribution in [0.4, 0.5) is 11.6 Å². The van der Waals surface area contributed by atoms with Crippen LogP contribution >= 0.6 is 57.6 Å². The van der Waals surface area contributed by atoms with Gasteiger partial charge in [0.25, 0.3) is 0 Å². The summed E-state index contributed by atoms with van der Waals surface area (Å²) in [4.78, 5) is 16.5. The van der Waals surface area contributed by atoms with Crippen LogP contribution in [0.25, 0.3) is 11.3 Å². The highest BCUT2D eigenvalue weighted by molar-refractivity contribution is 7.54. The lowest BCUT2D eigenvalue weighted by Crippen LogP contribution is -2.47. The van der Waals surface area contributed by atoms with E-state index < -0.39 is 52.8 Å². The summed E-state index contributed by atoms with van der Waals surface area (Å²) in [5.41, 5.74) is 3.06. The molecule has 18 nitrogen and oxygen atoms in total. The largest absolute Gasteiger partial charge is 0.450 e. The lowest BCUT2D eigenvalue weighted by atomic mass is 9.90. The van der Waals surface area contributed by atoms with E-state index in [1.165, 1.54) is 30.3 Å². The summed E-state index contributed by atoms with van der Waals surface area (Å²) in [7, 11) is 3.52. The Morgan fingerprint density at radius 1 is 0.686 bits per heavy atom. The minimum Gasteiger partial charge on any atom is -0.394 e. The SMILES string of the molecule is CNc1ncnn2c([C@@H]3O[C@H](CO)[C@@H](O)[C@@]3(C)O)cnc12.CNc1ncnn2c([C@@H]3O[C@H](COCc4ccccc4)[C@@H](OCc4ccccc4)[C@@]3(C)OCc3ccccc3)cnc12.ClB(Cl)Cl.ClCCl. The second-order valence-corrected chi connectivity index (χ2v) is 18.8. The molecule has 0 unspecified atom stereocenters. The van der Waals surface area contributed by atoms with Crippen molar-refractivity contribution in [3.8, 4) is 0 Å². The van der Waals surface area contributed by atoms with E-state index in [0.717, 1.165) is 22.4 Å². The van der Waals surface area contributed by atoms with E-state index in [9.17, 15) is 15.3 Å². The number of hydrogen-bond donors (Lipinski definition) is 5. The van der Waals surface area contributed by atoms with Gasteiger partial charge in [0.1, 0.15) is 60.5 Å². The standard InChI is InChI=1S/C33H35N5O4.C12H17N5O4.CH2Cl2.BCl3/c1-33(41-21-26-16-10-5-11-17-26)29(27-18-35-32-31(34-2)36-23-37-38(27)32)42-28(22-39-19-24-12-6-3-7-13-24)30(33)40-20-25-14-8-4-9-15-25;1-12(20)8(19)7(4-18)21-9(12)6-3-14-11-10(13-2)15-5-16-17(6)11;2-1-3;2-1(3)4/h3-18,23,28-30H,19-22H2,1-2H3,(H,34,36,37);3,5,7-9,18-20H,4H2,1-2H3,(H,13,15,16);1H2;/t28-,29+,30-,33+;7-,8-,9+,12-;;/m11../s1. The predicted octanol–water partition coefficient (Wildman–Crippen LogP) is 7.20. The van der Waals surface area contributed by atoms with Gasteiger partial charge in [-0.05, 0) is 30.5 Å². The van der Waals surface area contributed by atoms with Crippen molar-refractivity contribution >= 4 is 85.5 Å². The zero-order valence-electron chi connectivity index (χ0n) is 38.6. The molecule has 3 aromatic carbocycles. The number of ether oxygens (including phenoxy) is 5. The maximum atomic E-state index is 10.5. The molecule has 24 heteroatoms. The summed E-state index contributed by atoms with van der Waals surface area (Å²) < 4.78 is 35.3. The summed E-state index contributed by atoms with van der Waals surface area (Å²) in [6.45, 7) is 4.69. The molecule has 6 heterocycles. The average molecular weight is 1060 g/mol. The van der Waals surface area contributed by atoms with Gasteiger partial charge in [-0.1, -0.05) is 91.0 Å². The zero-order chi connectivity index (χ0) is 50.3. The molecular weight excluding hydrogens is 1010 g/mol. The van der Waals surface area contributed by atoms with Gasteiger partial charge in [0, 0.05) is 14.1 Å². The maximum Gasteiger partial charge on any atom is 0.450 e. The van der Waals surface area contributed by atoms with Crippen LogP contribution in [0.5, 0.6) is 0 Å². The number of hydrogen-bond acceptors (Lipinski definition) is 16. The van der Waals surface area contributed by atoms with E-state index in [1.807, 2.05) is 80.7 Å². The molecule has 2 aliphatic rings. The van der Waals surface area contributed by atoms with E-state index in [0.29, 0.717) is 55.1 Å². The highest BCUT2D eigenvalue weighted by Gasteiger charge is 2.57. The van der Waals surface area contributed by atoms with Crippen molar-refractivity contribution in [1.29, 1.82) is 0 Å². The Kier molecular flexibility index (Phi) is 20.6. The van der Waals surface area contributed by atoms with Gasteiger partial charge in [-0.15, -0.1) is 23.2 Å². The smallest absolute Gasteiger partial charge is 0.394 e. The second-order valence-electron chi connectivity index (χ2n) is 16.0. The number of alkyl halides is 2. The van der Waals surface area contributed by atoms with Crippen LogP contribution in [0.15, 0.2) is 116 Å². The molecular formula is C46H54BCl5N10O8. The van der Waals surface area contributed by atoms with Crippen LogP contribution in [0.2, 0.25) is 0 Å². The predicted molar refractivity (Wildman–Crippen MR) is 270 cm³/mol. The number of fused-ring (bicyclic) bond motifs is 2. The number of nitrogens with zero attached hydrogens (tertiary/aromatic N) is 8. The van der Waals surface area contributed by atoms with Crippen LogP contribution in [-0.4, -0.2) is 128 Å². The van der Waals surface area contributed by atoms with E-state index in [2.05, 4.69) is 65.0 Å². The molecule has 374 valence electrons.